The third-order valence-corrected chi connectivity index (χ3v) is 2.31. The number of carboxylic acid groups (broad SMARTS) is 1. The molecule has 0 aromatic heterocycles. The number of hydrogen-bond donors (Lipinski definition) is 1. The highest BCUT2D eigenvalue weighted by Crippen LogP contribution is 2.19. The second-order valence-electron chi connectivity index (χ2n) is 3.61. The quantitative estimate of drug-likeness (QED) is 0.618. The van der Waals surface area contributed by atoms with E-state index in [0.29, 0.717) is 6.42 Å². The highest BCUT2D eigenvalue weighted by Gasteiger charge is 2.05. The number of benzene rings is 1. The van der Waals surface area contributed by atoms with E-state index < -0.39 is 5.97 Å². The molecule has 1 N–H and O–H groups in total. The van der Waals surface area contributed by atoms with Crippen LogP contribution in [0, 0.1) is 19.3 Å². The fourth-order valence-corrected chi connectivity index (χ4v) is 1.40. The Morgan fingerprint density at radius 3 is 2.62 bits per heavy atom. The Kier molecular flexibility index (Phi) is 4.35. The number of aryl methyl sites for hydroxylation is 1. The topological polar surface area (TPSA) is 37.3 Å². The Morgan fingerprint density at radius 2 is 2.12 bits per heavy atom. The lowest BCUT2D eigenvalue weighted by atomic mass is 9.95. The van der Waals surface area contributed by atoms with Gasteiger partial charge in [0.1, 0.15) is 0 Å². The molecule has 2 heteroatoms. The van der Waals surface area contributed by atoms with Crippen molar-refractivity contribution >= 4 is 5.97 Å². The summed E-state index contributed by atoms with van der Waals surface area (Å²) >= 11 is 0. The molecule has 0 amide bonds. The summed E-state index contributed by atoms with van der Waals surface area (Å²) in [6.45, 7) is 2.01. The molecule has 0 bridgehead atoms. The Morgan fingerprint density at radius 1 is 1.50 bits per heavy atom. The summed E-state index contributed by atoms with van der Waals surface area (Å²) < 4.78 is 0. The van der Waals surface area contributed by atoms with Crippen molar-refractivity contribution in [3.63, 3.8) is 0 Å². The Labute approximate surface area is 95.6 Å². The van der Waals surface area contributed by atoms with Crippen LogP contribution in [0.5, 0.6) is 0 Å². The van der Waals surface area contributed by atoms with Crippen molar-refractivity contribution in [2.45, 2.75) is 19.3 Å². The van der Waals surface area contributed by atoms with Crippen LogP contribution < -0.4 is 0 Å². The Bertz CT molecular complexity index is 421. The number of allylic oxidation sites excluding steroid dienone is 1. The van der Waals surface area contributed by atoms with Crippen LogP contribution in [-0.2, 0) is 4.79 Å². The minimum atomic E-state index is -0.945. The SMILES string of the molecule is C#CC(C/C=C/C(=O)O)c1ccc(C)cc1. The third kappa shape index (κ3) is 3.62. The largest absolute Gasteiger partial charge is 0.478 e. The Hall–Kier alpha value is -2.01. The summed E-state index contributed by atoms with van der Waals surface area (Å²) in [5, 5.41) is 8.47. The number of aliphatic carboxylic acids is 1. The zero-order chi connectivity index (χ0) is 12.0. The molecule has 0 aliphatic heterocycles. The molecule has 0 radical (unpaired) electrons. The molecule has 82 valence electrons. The predicted octanol–water partition coefficient (Wildman–Crippen LogP) is 2.74. The van der Waals surface area contributed by atoms with Crippen molar-refractivity contribution in [2.75, 3.05) is 0 Å². The highest BCUT2D eigenvalue weighted by atomic mass is 16.4. The van der Waals surface area contributed by atoms with Crippen molar-refractivity contribution in [3.05, 3.63) is 47.5 Å². The monoisotopic (exact) mass is 214 g/mol. The van der Waals surface area contributed by atoms with Crippen LogP contribution in [0.3, 0.4) is 0 Å². The molecule has 1 atom stereocenters. The summed E-state index contributed by atoms with van der Waals surface area (Å²) in [5.74, 6) is 1.66. The van der Waals surface area contributed by atoms with Crippen molar-refractivity contribution in [2.24, 2.45) is 0 Å². The Balaban J connectivity index is 2.72. The molecule has 0 fully saturated rings. The molecule has 0 saturated heterocycles. The summed E-state index contributed by atoms with van der Waals surface area (Å²) in [6, 6.07) is 7.96. The van der Waals surface area contributed by atoms with E-state index in [4.69, 9.17) is 11.5 Å². The van der Waals surface area contributed by atoms with E-state index >= 15 is 0 Å². The maximum Gasteiger partial charge on any atom is 0.327 e. The smallest absolute Gasteiger partial charge is 0.327 e. The maximum absolute atomic E-state index is 10.3. The van der Waals surface area contributed by atoms with Crippen LogP contribution in [0.4, 0.5) is 0 Å². The van der Waals surface area contributed by atoms with Crippen molar-refractivity contribution < 1.29 is 9.90 Å². The molecular formula is C14H14O2. The molecule has 2 nitrogen and oxygen atoms in total. The fourth-order valence-electron chi connectivity index (χ4n) is 1.40. The van der Waals surface area contributed by atoms with Gasteiger partial charge in [-0.25, -0.2) is 4.79 Å². The van der Waals surface area contributed by atoms with Gasteiger partial charge in [0.15, 0.2) is 0 Å². The number of rotatable bonds is 4. The normalized spacial score (nSPS) is 12.2. The van der Waals surface area contributed by atoms with Crippen LogP contribution in [0.2, 0.25) is 0 Å². The molecule has 1 aromatic rings. The minimum Gasteiger partial charge on any atom is -0.478 e. The molecular weight excluding hydrogens is 200 g/mol. The van der Waals surface area contributed by atoms with Gasteiger partial charge >= 0.3 is 5.97 Å². The number of carbonyl (C=O) groups is 1. The molecule has 16 heavy (non-hydrogen) atoms. The lowest BCUT2D eigenvalue weighted by Gasteiger charge is -2.08. The van der Waals surface area contributed by atoms with Crippen LogP contribution >= 0.6 is 0 Å². The van der Waals surface area contributed by atoms with Gasteiger partial charge in [0, 0.05) is 12.0 Å². The molecule has 1 unspecified atom stereocenters. The van der Waals surface area contributed by atoms with Crippen LogP contribution in [0.25, 0.3) is 0 Å². The molecule has 0 saturated carbocycles. The zero-order valence-corrected chi connectivity index (χ0v) is 9.18. The van der Waals surface area contributed by atoms with Gasteiger partial charge in [-0.3, -0.25) is 0 Å². The van der Waals surface area contributed by atoms with E-state index in [0.717, 1.165) is 11.6 Å². The second kappa shape index (κ2) is 5.77. The molecule has 0 aliphatic rings. The van der Waals surface area contributed by atoms with Gasteiger partial charge in [-0.1, -0.05) is 41.8 Å². The second-order valence-corrected chi connectivity index (χ2v) is 3.61. The number of terminal acetylenes is 1. The standard InChI is InChI=1S/C14H14O2/c1-3-12(5-4-6-14(15)16)13-9-7-11(2)8-10-13/h1,4,6-10,12H,5H2,2H3,(H,15,16)/b6-4+. The van der Waals surface area contributed by atoms with Crippen LogP contribution in [0.1, 0.15) is 23.5 Å². The molecule has 0 aliphatic carbocycles. The molecule has 0 spiro atoms. The summed E-state index contributed by atoms with van der Waals surface area (Å²) in [4.78, 5) is 10.3. The molecule has 1 aromatic carbocycles. The van der Waals surface area contributed by atoms with Crippen molar-refractivity contribution in [1.82, 2.24) is 0 Å². The first-order valence-electron chi connectivity index (χ1n) is 5.05. The van der Waals surface area contributed by atoms with E-state index in [2.05, 4.69) is 5.92 Å². The zero-order valence-electron chi connectivity index (χ0n) is 9.18. The van der Waals surface area contributed by atoms with Gasteiger partial charge in [0.25, 0.3) is 0 Å². The summed E-state index contributed by atoms with van der Waals surface area (Å²) in [7, 11) is 0. The molecule has 1 rings (SSSR count). The van der Waals surface area contributed by atoms with E-state index in [1.807, 2.05) is 31.2 Å². The summed E-state index contributed by atoms with van der Waals surface area (Å²) in [5.41, 5.74) is 2.23. The van der Waals surface area contributed by atoms with Crippen molar-refractivity contribution in [1.29, 1.82) is 0 Å². The third-order valence-electron chi connectivity index (χ3n) is 2.31. The first-order chi connectivity index (χ1) is 7.63. The van der Waals surface area contributed by atoms with E-state index in [-0.39, 0.29) is 5.92 Å². The average Bonchev–Trinajstić information content (AvgIpc) is 2.26. The van der Waals surface area contributed by atoms with E-state index in [9.17, 15) is 4.79 Å². The maximum atomic E-state index is 10.3. The van der Waals surface area contributed by atoms with Crippen LogP contribution in [0.15, 0.2) is 36.4 Å². The molecule has 0 heterocycles. The number of carboxylic acids is 1. The number of hydrogen-bond acceptors (Lipinski definition) is 1. The first kappa shape index (κ1) is 12.1. The van der Waals surface area contributed by atoms with Crippen LogP contribution in [-0.4, -0.2) is 11.1 Å². The van der Waals surface area contributed by atoms with Gasteiger partial charge in [-0.2, -0.15) is 0 Å². The van der Waals surface area contributed by atoms with Gasteiger partial charge in [-0.05, 0) is 18.9 Å². The fraction of sp³-hybridized carbons (Fsp3) is 0.214. The van der Waals surface area contributed by atoms with Gasteiger partial charge < -0.3 is 5.11 Å². The predicted molar refractivity (Wildman–Crippen MR) is 64.1 cm³/mol. The lowest BCUT2D eigenvalue weighted by Crippen LogP contribution is -1.95. The van der Waals surface area contributed by atoms with E-state index in [1.165, 1.54) is 5.56 Å². The lowest BCUT2D eigenvalue weighted by molar-refractivity contribution is -0.131. The van der Waals surface area contributed by atoms with Crippen molar-refractivity contribution in [3.8, 4) is 12.3 Å². The average molecular weight is 214 g/mol. The van der Waals surface area contributed by atoms with Gasteiger partial charge in [0.2, 0.25) is 0 Å². The highest BCUT2D eigenvalue weighted by molar-refractivity contribution is 5.79. The summed E-state index contributed by atoms with van der Waals surface area (Å²) in [6.07, 6.45) is 8.69. The van der Waals surface area contributed by atoms with Gasteiger partial charge in [0.05, 0.1) is 0 Å². The van der Waals surface area contributed by atoms with E-state index in [1.54, 1.807) is 6.08 Å². The minimum absolute atomic E-state index is 0.0591. The van der Waals surface area contributed by atoms with Gasteiger partial charge in [-0.15, -0.1) is 6.42 Å². The first-order valence-corrected chi connectivity index (χ1v) is 5.05.